The van der Waals surface area contributed by atoms with Crippen LogP contribution in [0.2, 0.25) is 0 Å². The monoisotopic (exact) mass is 534 g/mol. The molecule has 0 aliphatic rings. The molecule has 0 saturated heterocycles. The Bertz CT molecular complexity index is 884. The zero-order chi connectivity index (χ0) is 29.2. The highest BCUT2D eigenvalue weighted by Crippen LogP contribution is 2.21. The third-order valence-electron chi connectivity index (χ3n) is 6.28. The minimum Gasteiger partial charge on any atom is -0.382 e. The number of amides is 4. The molecule has 0 aliphatic carbocycles. The largest absolute Gasteiger partial charge is 0.382 e. The van der Waals surface area contributed by atoms with Gasteiger partial charge in [0.25, 0.3) is 11.8 Å². The van der Waals surface area contributed by atoms with Crippen molar-refractivity contribution >= 4 is 35.3 Å². The Hall–Kier alpha value is -3.44. The number of nitrogens with zero attached hydrogens (tertiary/aromatic N) is 2. The molecule has 8 N–H and O–H groups in total. The number of nitrogens with two attached hydrogens (primary N) is 2. The van der Waals surface area contributed by atoms with E-state index in [0.717, 1.165) is 0 Å². The van der Waals surface area contributed by atoms with Crippen LogP contribution >= 0.6 is 0 Å². The Morgan fingerprint density at radius 2 is 0.816 bits per heavy atom. The fourth-order valence-electron chi connectivity index (χ4n) is 4.67. The number of nitrogen functional groups attached to an aromatic ring is 2. The van der Waals surface area contributed by atoms with Crippen molar-refractivity contribution in [3.8, 4) is 0 Å². The number of hydrogen-bond donors (Lipinski definition) is 6. The van der Waals surface area contributed by atoms with Crippen LogP contribution in [0.5, 0.6) is 0 Å². The summed E-state index contributed by atoms with van der Waals surface area (Å²) in [6.07, 6.45) is 0. The summed E-state index contributed by atoms with van der Waals surface area (Å²) in [7, 11) is 0. The molecule has 12 nitrogen and oxygen atoms in total. The van der Waals surface area contributed by atoms with Crippen molar-refractivity contribution in [3.63, 3.8) is 0 Å². The fourth-order valence-corrected chi connectivity index (χ4v) is 4.67. The third-order valence-corrected chi connectivity index (χ3v) is 6.28. The summed E-state index contributed by atoms with van der Waals surface area (Å²) in [5, 5.41) is 10.9. The SMILES string of the molecule is CC(C)C(C(=O)NCCNC(=O)c1nc(N)c(C(=O)NCCNC(=O)C(C(C)C)C(C)C)nc1N)C(C)C. The number of aromatic nitrogens is 2. The van der Waals surface area contributed by atoms with Crippen molar-refractivity contribution in [2.45, 2.75) is 55.4 Å². The molecule has 0 unspecified atom stereocenters. The van der Waals surface area contributed by atoms with Gasteiger partial charge in [0.2, 0.25) is 11.8 Å². The van der Waals surface area contributed by atoms with Crippen molar-refractivity contribution in [3.05, 3.63) is 11.4 Å². The summed E-state index contributed by atoms with van der Waals surface area (Å²) >= 11 is 0. The second kappa shape index (κ2) is 15.1. The smallest absolute Gasteiger partial charge is 0.273 e. The molecule has 0 saturated carbocycles. The first-order valence-corrected chi connectivity index (χ1v) is 13.2. The Labute approximate surface area is 225 Å². The standard InChI is InChI=1S/C26H46N8O4/c1-13(2)17(14(3)4)23(35)29-9-11-31-25(37)19-21(27)34-20(22(28)33-19)26(38)32-12-10-30-24(36)18(15(5)6)16(7)8/h13-18H,9-12H2,1-8H3,(H2,28,33)(H2,27,34)(H,29,35)(H,30,36)(H,31,37)(H,32,38). The molecule has 214 valence electrons. The Morgan fingerprint density at radius 3 is 1.08 bits per heavy atom. The van der Waals surface area contributed by atoms with E-state index < -0.39 is 11.8 Å². The van der Waals surface area contributed by atoms with E-state index in [-0.39, 0.29) is 96.5 Å². The second-order valence-electron chi connectivity index (χ2n) is 10.8. The summed E-state index contributed by atoms with van der Waals surface area (Å²) in [6, 6.07) is 0. The number of anilines is 2. The summed E-state index contributed by atoms with van der Waals surface area (Å²) in [5.74, 6) is -1.37. The highest BCUT2D eigenvalue weighted by Gasteiger charge is 2.26. The molecule has 1 heterocycles. The maximum absolute atomic E-state index is 12.5. The highest BCUT2D eigenvalue weighted by molar-refractivity contribution is 6.00. The second-order valence-corrected chi connectivity index (χ2v) is 10.8. The molecule has 0 aromatic carbocycles. The van der Waals surface area contributed by atoms with E-state index in [0.29, 0.717) is 0 Å². The molecule has 12 heteroatoms. The topological polar surface area (TPSA) is 194 Å². The van der Waals surface area contributed by atoms with Gasteiger partial charge in [-0.3, -0.25) is 19.2 Å². The van der Waals surface area contributed by atoms with Crippen LogP contribution in [0.25, 0.3) is 0 Å². The molecule has 0 spiro atoms. The molecule has 0 fully saturated rings. The molecule has 1 aromatic heterocycles. The van der Waals surface area contributed by atoms with Gasteiger partial charge in [0, 0.05) is 38.0 Å². The van der Waals surface area contributed by atoms with Crippen LogP contribution in [-0.4, -0.2) is 59.8 Å². The maximum atomic E-state index is 12.5. The van der Waals surface area contributed by atoms with Gasteiger partial charge in [-0.05, 0) is 23.7 Å². The molecular formula is C26H46N8O4. The quantitative estimate of drug-likeness (QED) is 0.191. The maximum Gasteiger partial charge on any atom is 0.273 e. The number of hydrogen-bond acceptors (Lipinski definition) is 8. The van der Waals surface area contributed by atoms with Gasteiger partial charge in [-0.15, -0.1) is 0 Å². The van der Waals surface area contributed by atoms with Crippen LogP contribution in [0.15, 0.2) is 0 Å². The van der Waals surface area contributed by atoms with Crippen molar-refractivity contribution in [2.24, 2.45) is 35.5 Å². The van der Waals surface area contributed by atoms with E-state index in [1.165, 1.54) is 0 Å². The molecule has 0 aliphatic heterocycles. The third kappa shape index (κ3) is 9.46. The van der Waals surface area contributed by atoms with Gasteiger partial charge in [0.15, 0.2) is 23.0 Å². The average molecular weight is 535 g/mol. The zero-order valence-electron chi connectivity index (χ0n) is 24.0. The van der Waals surface area contributed by atoms with E-state index in [1.54, 1.807) is 0 Å². The van der Waals surface area contributed by atoms with Crippen molar-refractivity contribution < 1.29 is 19.2 Å². The lowest BCUT2D eigenvalue weighted by Crippen LogP contribution is -2.41. The van der Waals surface area contributed by atoms with Gasteiger partial charge < -0.3 is 32.7 Å². The van der Waals surface area contributed by atoms with E-state index in [9.17, 15) is 19.2 Å². The molecule has 0 radical (unpaired) electrons. The molecule has 38 heavy (non-hydrogen) atoms. The number of carbonyl (C=O) groups excluding carboxylic acids is 4. The van der Waals surface area contributed by atoms with Crippen molar-refractivity contribution in [1.29, 1.82) is 0 Å². The number of nitrogens with one attached hydrogen (secondary N) is 4. The predicted molar refractivity (Wildman–Crippen MR) is 148 cm³/mol. The van der Waals surface area contributed by atoms with Crippen LogP contribution in [0, 0.1) is 35.5 Å². The van der Waals surface area contributed by atoms with Crippen LogP contribution in [0.4, 0.5) is 11.6 Å². The van der Waals surface area contributed by atoms with Crippen molar-refractivity contribution in [1.82, 2.24) is 31.2 Å². The molecule has 0 atom stereocenters. The van der Waals surface area contributed by atoms with Crippen LogP contribution in [-0.2, 0) is 9.59 Å². The fraction of sp³-hybridized carbons (Fsp3) is 0.692. The van der Waals surface area contributed by atoms with Crippen LogP contribution in [0.1, 0.15) is 76.4 Å². The van der Waals surface area contributed by atoms with Gasteiger partial charge in [-0.25, -0.2) is 9.97 Å². The van der Waals surface area contributed by atoms with E-state index >= 15 is 0 Å². The first-order chi connectivity index (χ1) is 17.7. The normalized spacial score (nSPS) is 11.5. The van der Waals surface area contributed by atoms with Crippen LogP contribution < -0.4 is 32.7 Å². The molecule has 4 amide bonds. The molecule has 1 aromatic rings. The minimum atomic E-state index is -0.625. The summed E-state index contributed by atoms with van der Waals surface area (Å²) in [5.41, 5.74) is 11.3. The lowest BCUT2D eigenvalue weighted by molar-refractivity contribution is -0.128. The van der Waals surface area contributed by atoms with Crippen LogP contribution in [0.3, 0.4) is 0 Å². The number of rotatable bonds is 14. The average Bonchev–Trinajstić information content (AvgIpc) is 2.79. The van der Waals surface area contributed by atoms with E-state index in [4.69, 9.17) is 11.5 Å². The predicted octanol–water partition coefficient (Wildman–Crippen LogP) is 1.19. The highest BCUT2D eigenvalue weighted by atomic mass is 16.2. The first kappa shape index (κ1) is 32.6. The van der Waals surface area contributed by atoms with Crippen molar-refractivity contribution in [2.75, 3.05) is 37.6 Å². The molecular weight excluding hydrogens is 488 g/mol. The lowest BCUT2D eigenvalue weighted by Gasteiger charge is -2.23. The Morgan fingerprint density at radius 1 is 0.553 bits per heavy atom. The van der Waals surface area contributed by atoms with Gasteiger partial charge in [0.1, 0.15) is 0 Å². The van der Waals surface area contributed by atoms with Gasteiger partial charge >= 0.3 is 0 Å². The molecule has 0 bridgehead atoms. The lowest BCUT2D eigenvalue weighted by atomic mass is 9.85. The summed E-state index contributed by atoms with van der Waals surface area (Å²) in [4.78, 5) is 57.8. The zero-order valence-corrected chi connectivity index (χ0v) is 24.0. The Balaban J connectivity index is 2.63. The van der Waals surface area contributed by atoms with Gasteiger partial charge in [-0.1, -0.05) is 55.4 Å². The molecule has 1 rings (SSSR count). The summed E-state index contributed by atoms with van der Waals surface area (Å²) < 4.78 is 0. The minimum absolute atomic E-state index is 0.0672. The summed E-state index contributed by atoms with van der Waals surface area (Å²) in [6.45, 7) is 16.7. The van der Waals surface area contributed by atoms with E-state index in [1.807, 2.05) is 55.4 Å². The first-order valence-electron chi connectivity index (χ1n) is 13.2. The van der Waals surface area contributed by atoms with Gasteiger partial charge in [0.05, 0.1) is 0 Å². The van der Waals surface area contributed by atoms with E-state index in [2.05, 4.69) is 31.2 Å². The number of carbonyl (C=O) groups is 4. The van der Waals surface area contributed by atoms with Gasteiger partial charge in [-0.2, -0.15) is 0 Å². The Kier molecular flexibility index (Phi) is 12.9.